The van der Waals surface area contributed by atoms with E-state index in [9.17, 15) is 22.8 Å². The van der Waals surface area contributed by atoms with E-state index in [0.717, 1.165) is 12.3 Å². The van der Waals surface area contributed by atoms with Crippen molar-refractivity contribution in [3.05, 3.63) is 58.6 Å². The number of hydrogen-bond donors (Lipinski definition) is 1. The van der Waals surface area contributed by atoms with Gasteiger partial charge in [-0.25, -0.2) is 13.2 Å². The van der Waals surface area contributed by atoms with E-state index in [0.29, 0.717) is 19.3 Å². The molecule has 158 valence electrons. The fraction of sp³-hybridized carbons (Fsp3) is 0.381. The first-order chi connectivity index (χ1) is 14.2. The van der Waals surface area contributed by atoms with Crippen LogP contribution in [0.5, 0.6) is 5.75 Å². The highest BCUT2D eigenvalue weighted by molar-refractivity contribution is 6.30. The van der Waals surface area contributed by atoms with Crippen LogP contribution in [0, 0.1) is 11.2 Å². The van der Waals surface area contributed by atoms with Gasteiger partial charge in [-0.15, -0.1) is 0 Å². The Morgan fingerprint density at radius 1 is 1.20 bits per heavy atom. The van der Waals surface area contributed by atoms with Gasteiger partial charge in [-0.2, -0.15) is 0 Å². The Kier molecular flexibility index (Phi) is 5.22. The second-order valence-electron chi connectivity index (χ2n) is 8.10. The molecule has 1 aromatic carbocycles. The first kappa shape index (κ1) is 20.7. The number of Topliss-reactive ketones (excluding diaryl/α,β-unsaturated/α-hetero) is 1. The summed E-state index contributed by atoms with van der Waals surface area (Å²) in [6.45, 7) is -0.255. The van der Waals surface area contributed by atoms with Crippen LogP contribution in [0.3, 0.4) is 0 Å². The highest BCUT2D eigenvalue weighted by atomic mass is 35.5. The highest BCUT2D eigenvalue weighted by Gasteiger charge is 2.68. The molecule has 0 spiro atoms. The molecule has 0 unspecified atom stereocenters. The van der Waals surface area contributed by atoms with Crippen molar-refractivity contribution in [2.75, 3.05) is 6.61 Å². The highest BCUT2D eigenvalue weighted by Crippen LogP contribution is 2.69. The Labute approximate surface area is 175 Å². The van der Waals surface area contributed by atoms with Crippen molar-refractivity contribution >= 4 is 23.3 Å². The summed E-state index contributed by atoms with van der Waals surface area (Å²) in [4.78, 5) is 28.4. The molecule has 0 radical (unpaired) electrons. The van der Waals surface area contributed by atoms with Crippen molar-refractivity contribution < 1.29 is 27.5 Å². The van der Waals surface area contributed by atoms with Gasteiger partial charge in [0.15, 0.2) is 12.4 Å². The molecule has 3 saturated carbocycles. The third-order valence-corrected chi connectivity index (χ3v) is 5.97. The van der Waals surface area contributed by atoms with Crippen LogP contribution in [0.2, 0.25) is 5.02 Å². The van der Waals surface area contributed by atoms with Crippen molar-refractivity contribution in [2.24, 2.45) is 5.41 Å². The third kappa shape index (κ3) is 4.01. The van der Waals surface area contributed by atoms with E-state index in [1.54, 1.807) is 0 Å². The summed E-state index contributed by atoms with van der Waals surface area (Å²) in [6, 6.07) is 6.47. The number of amides is 1. The number of pyridine rings is 1. The zero-order valence-corrected chi connectivity index (χ0v) is 16.5. The molecule has 1 heterocycles. The van der Waals surface area contributed by atoms with Crippen LogP contribution in [0.4, 0.5) is 13.2 Å². The smallest absolute Gasteiger partial charge is 0.265 e. The van der Waals surface area contributed by atoms with Crippen molar-refractivity contribution in [1.29, 1.82) is 0 Å². The molecule has 3 fully saturated rings. The number of hydrogen-bond acceptors (Lipinski definition) is 4. The van der Waals surface area contributed by atoms with Crippen LogP contribution in [-0.2, 0) is 4.79 Å². The molecule has 1 N–H and O–H groups in total. The Morgan fingerprint density at radius 2 is 1.93 bits per heavy atom. The van der Waals surface area contributed by atoms with Crippen LogP contribution in [0.1, 0.15) is 48.2 Å². The minimum atomic E-state index is -2.62. The molecule has 9 heteroatoms. The van der Waals surface area contributed by atoms with Crippen molar-refractivity contribution in [2.45, 2.75) is 37.6 Å². The molecule has 1 aromatic heterocycles. The topological polar surface area (TPSA) is 68.3 Å². The molecular weight excluding hydrogens is 421 g/mol. The summed E-state index contributed by atoms with van der Waals surface area (Å²) >= 11 is 5.60. The summed E-state index contributed by atoms with van der Waals surface area (Å²) in [6.07, 6.45) is 0.679. The molecule has 0 aliphatic heterocycles. The van der Waals surface area contributed by atoms with Crippen molar-refractivity contribution in [1.82, 2.24) is 10.3 Å². The molecule has 0 atom stereocenters. The van der Waals surface area contributed by atoms with E-state index in [1.165, 1.54) is 24.3 Å². The zero-order valence-electron chi connectivity index (χ0n) is 15.8. The van der Waals surface area contributed by atoms with E-state index in [2.05, 4.69) is 10.3 Å². The van der Waals surface area contributed by atoms with E-state index >= 15 is 0 Å². The average Bonchev–Trinajstić information content (AvgIpc) is 2.66. The molecule has 2 aromatic rings. The molecule has 3 aliphatic carbocycles. The molecule has 3 aliphatic rings. The predicted molar refractivity (Wildman–Crippen MR) is 102 cm³/mol. The van der Waals surface area contributed by atoms with E-state index in [-0.39, 0.29) is 57.7 Å². The lowest BCUT2D eigenvalue weighted by molar-refractivity contribution is -0.164. The normalized spacial score (nSPS) is 24.0. The fourth-order valence-corrected chi connectivity index (χ4v) is 4.61. The Balaban J connectivity index is 1.23. The van der Waals surface area contributed by atoms with Gasteiger partial charge in [0.05, 0.1) is 5.02 Å². The largest absolute Gasteiger partial charge is 0.484 e. The lowest BCUT2D eigenvalue weighted by Crippen LogP contribution is -2.75. The van der Waals surface area contributed by atoms with Crippen LogP contribution in [0.25, 0.3) is 0 Å². The quantitative estimate of drug-likeness (QED) is 0.616. The number of rotatable bonds is 8. The van der Waals surface area contributed by atoms with E-state index in [4.69, 9.17) is 16.3 Å². The van der Waals surface area contributed by atoms with Crippen LogP contribution < -0.4 is 10.1 Å². The number of nitrogens with zero attached hydrogens (tertiary/aromatic N) is 1. The molecule has 30 heavy (non-hydrogen) atoms. The zero-order chi connectivity index (χ0) is 21.5. The number of carbonyl (C=O) groups excluding carboxylic acids is 2. The number of aromatic nitrogens is 1. The first-order valence-electron chi connectivity index (χ1n) is 9.36. The summed E-state index contributed by atoms with van der Waals surface area (Å²) in [5.74, 6) is -0.936. The maximum absolute atomic E-state index is 13.4. The number of alkyl halides is 2. The SMILES string of the molecule is O=C(COc1ccc(Cl)c(F)c1)NC12CC(CC(=O)c3ccc(C(F)F)cn3)(C1)C2. The van der Waals surface area contributed by atoms with Gasteiger partial charge in [-0.05, 0) is 48.9 Å². The monoisotopic (exact) mass is 438 g/mol. The standard InChI is InChI=1S/C21H18ClF3N2O3/c22-14-3-2-13(5-15(14)23)30-8-18(29)27-21-9-20(10-21,11-21)6-17(28)16-4-1-12(7-26-16)19(24)25/h1-5,7,19H,6,8-11H2,(H,27,29). The van der Waals surface area contributed by atoms with Gasteiger partial charge in [0, 0.05) is 29.8 Å². The lowest BCUT2D eigenvalue weighted by atomic mass is 9.38. The van der Waals surface area contributed by atoms with Crippen LogP contribution in [-0.4, -0.2) is 28.8 Å². The number of halogens is 4. The van der Waals surface area contributed by atoms with Gasteiger partial charge in [0.2, 0.25) is 0 Å². The molecule has 5 nitrogen and oxygen atoms in total. The van der Waals surface area contributed by atoms with Crippen molar-refractivity contribution in [3.8, 4) is 5.75 Å². The van der Waals surface area contributed by atoms with Gasteiger partial charge in [0.25, 0.3) is 12.3 Å². The lowest BCUT2D eigenvalue weighted by Gasteiger charge is -2.70. The molecule has 1 amide bonds. The summed E-state index contributed by atoms with van der Waals surface area (Å²) in [7, 11) is 0. The minimum Gasteiger partial charge on any atom is -0.484 e. The molecular formula is C21H18ClF3N2O3. The molecule has 0 saturated heterocycles. The van der Waals surface area contributed by atoms with Gasteiger partial charge in [-0.1, -0.05) is 11.6 Å². The van der Waals surface area contributed by atoms with Gasteiger partial charge in [-0.3, -0.25) is 14.6 Å². The van der Waals surface area contributed by atoms with Gasteiger partial charge >= 0.3 is 0 Å². The maximum atomic E-state index is 13.4. The Morgan fingerprint density at radius 3 is 2.53 bits per heavy atom. The number of benzene rings is 1. The number of nitrogens with one attached hydrogen (secondary N) is 1. The van der Waals surface area contributed by atoms with Crippen molar-refractivity contribution in [3.63, 3.8) is 0 Å². The summed E-state index contributed by atoms with van der Waals surface area (Å²) in [5, 5.41) is 2.89. The minimum absolute atomic E-state index is 0.0271. The summed E-state index contributed by atoms with van der Waals surface area (Å²) < 4.78 is 43.8. The number of ether oxygens (including phenoxy) is 1. The van der Waals surface area contributed by atoms with E-state index < -0.39 is 12.2 Å². The average molecular weight is 439 g/mol. The van der Waals surface area contributed by atoms with E-state index in [1.807, 2.05) is 0 Å². The van der Waals surface area contributed by atoms with Crippen LogP contribution in [0.15, 0.2) is 36.5 Å². The van der Waals surface area contributed by atoms with Crippen LogP contribution >= 0.6 is 11.6 Å². The first-order valence-corrected chi connectivity index (χ1v) is 9.73. The summed E-state index contributed by atoms with van der Waals surface area (Å²) in [5.41, 5.74) is -0.555. The predicted octanol–water partition coefficient (Wildman–Crippen LogP) is 4.50. The Hall–Kier alpha value is -2.61. The fourth-order valence-electron chi connectivity index (χ4n) is 4.50. The maximum Gasteiger partial charge on any atom is 0.265 e. The molecule has 2 bridgehead atoms. The van der Waals surface area contributed by atoms with Gasteiger partial charge < -0.3 is 10.1 Å². The second-order valence-corrected chi connectivity index (χ2v) is 8.51. The van der Waals surface area contributed by atoms with Gasteiger partial charge in [0.1, 0.15) is 17.3 Å². The third-order valence-electron chi connectivity index (χ3n) is 5.67. The Bertz CT molecular complexity index is 978. The number of ketones is 1. The number of carbonyl (C=O) groups is 2. The molecule has 5 rings (SSSR count). The second kappa shape index (κ2) is 7.58.